The van der Waals surface area contributed by atoms with Crippen molar-refractivity contribution in [2.45, 2.75) is 33.1 Å². The lowest BCUT2D eigenvalue weighted by molar-refractivity contribution is -0.207. The lowest BCUT2D eigenvalue weighted by atomic mass is 10.2. The van der Waals surface area contributed by atoms with Crippen LogP contribution in [-0.2, 0) is 0 Å². The highest BCUT2D eigenvalue weighted by Gasteiger charge is 2.49. The summed E-state index contributed by atoms with van der Waals surface area (Å²) in [5.41, 5.74) is 0. The van der Waals surface area contributed by atoms with E-state index in [1.54, 1.807) is 6.92 Å². The number of hydrogen-bond acceptors (Lipinski definition) is 3. The molecule has 0 aromatic heterocycles. The smallest absolute Gasteiger partial charge is 0.332 e. The van der Waals surface area contributed by atoms with Gasteiger partial charge in [-0.2, -0.15) is 18.3 Å². The number of rotatable bonds is 3. The van der Waals surface area contributed by atoms with E-state index in [0.29, 0.717) is 6.54 Å². The molecule has 0 spiro atoms. The van der Waals surface area contributed by atoms with Gasteiger partial charge in [0.1, 0.15) is 6.34 Å². The van der Waals surface area contributed by atoms with Gasteiger partial charge in [0.25, 0.3) is 0 Å². The zero-order chi connectivity index (χ0) is 11.6. The van der Waals surface area contributed by atoms with Gasteiger partial charge in [0.05, 0.1) is 0 Å². The highest BCUT2D eigenvalue weighted by Crippen LogP contribution is 2.30. The SMILES string of the molecule is CCN1N=CN(CC(C)C)C1C(F)(F)F. The van der Waals surface area contributed by atoms with Gasteiger partial charge in [0, 0.05) is 13.1 Å². The molecule has 1 aliphatic heterocycles. The molecule has 1 rings (SSSR count). The zero-order valence-corrected chi connectivity index (χ0v) is 9.12. The van der Waals surface area contributed by atoms with Crippen LogP contribution in [0.4, 0.5) is 13.2 Å². The fraction of sp³-hybridized carbons (Fsp3) is 0.889. The Balaban J connectivity index is 2.76. The Morgan fingerprint density at radius 1 is 1.40 bits per heavy atom. The molecule has 1 aliphatic rings. The second kappa shape index (κ2) is 4.28. The molecule has 1 unspecified atom stereocenters. The van der Waals surface area contributed by atoms with Crippen molar-refractivity contribution in [1.82, 2.24) is 9.91 Å². The molecule has 0 aromatic carbocycles. The van der Waals surface area contributed by atoms with Crippen molar-refractivity contribution in [2.24, 2.45) is 11.0 Å². The maximum atomic E-state index is 12.7. The number of hydrazone groups is 1. The molecular formula is C9H16F3N3. The van der Waals surface area contributed by atoms with Gasteiger partial charge in [-0.3, -0.25) is 5.01 Å². The first-order valence-electron chi connectivity index (χ1n) is 4.99. The molecule has 0 saturated carbocycles. The Morgan fingerprint density at radius 3 is 2.40 bits per heavy atom. The molecule has 15 heavy (non-hydrogen) atoms. The maximum absolute atomic E-state index is 12.7. The van der Waals surface area contributed by atoms with Gasteiger partial charge >= 0.3 is 6.18 Å². The van der Waals surface area contributed by atoms with E-state index in [1.807, 2.05) is 13.8 Å². The van der Waals surface area contributed by atoms with Crippen LogP contribution in [0.3, 0.4) is 0 Å². The Morgan fingerprint density at radius 2 is 2.00 bits per heavy atom. The number of halogens is 3. The number of alkyl halides is 3. The van der Waals surface area contributed by atoms with Crippen molar-refractivity contribution >= 4 is 6.34 Å². The Bertz CT molecular complexity index is 237. The summed E-state index contributed by atoms with van der Waals surface area (Å²) in [6.45, 7) is 6.06. The Hall–Kier alpha value is -0.940. The van der Waals surface area contributed by atoms with Crippen LogP contribution >= 0.6 is 0 Å². The highest BCUT2D eigenvalue weighted by atomic mass is 19.4. The van der Waals surface area contributed by atoms with E-state index in [9.17, 15) is 13.2 Å². The van der Waals surface area contributed by atoms with Crippen LogP contribution in [0.2, 0.25) is 0 Å². The lowest BCUT2D eigenvalue weighted by Crippen LogP contribution is -2.51. The first kappa shape index (κ1) is 12.1. The molecule has 0 fully saturated rings. The summed E-state index contributed by atoms with van der Waals surface area (Å²) in [5, 5.41) is 4.81. The van der Waals surface area contributed by atoms with Gasteiger partial charge in [-0.25, -0.2) is 0 Å². The average molecular weight is 223 g/mol. The fourth-order valence-corrected chi connectivity index (χ4v) is 1.61. The van der Waals surface area contributed by atoms with Crippen molar-refractivity contribution in [3.05, 3.63) is 0 Å². The molecule has 0 bridgehead atoms. The predicted octanol–water partition coefficient (Wildman–Crippen LogP) is 2.11. The molecule has 0 saturated heterocycles. The highest BCUT2D eigenvalue weighted by molar-refractivity contribution is 5.57. The molecule has 1 heterocycles. The van der Waals surface area contributed by atoms with Crippen molar-refractivity contribution in [3.8, 4) is 0 Å². The molecule has 0 aliphatic carbocycles. The maximum Gasteiger partial charge on any atom is 0.429 e. The topological polar surface area (TPSA) is 18.8 Å². The first-order valence-corrected chi connectivity index (χ1v) is 4.99. The number of nitrogens with zero attached hydrogens (tertiary/aromatic N) is 3. The lowest BCUT2D eigenvalue weighted by Gasteiger charge is -2.32. The van der Waals surface area contributed by atoms with Crippen LogP contribution in [0.5, 0.6) is 0 Å². The monoisotopic (exact) mass is 223 g/mol. The molecule has 0 N–H and O–H groups in total. The van der Waals surface area contributed by atoms with E-state index >= 15 is 0 Å². The summed E-state index contributed by atoms with van der Waals surface area (Å²) in [5.74, 6) is 0.179. The predicted molar refractivity (Wildman–Crippen MR) is 52.3 cm³/mol. The second-order valence-corrected chi connectivity index (χ2v) is 3.99. The Labute approximate surface area is 87.5 Å². The molecule has 6 heteroatoms. The molecule has 88 valence electrons. The van der Waals surface area contributed by atoms with Gasteiger partial charge in [0.2, 0.25) is 6.17 Å². The van der Waals surface area contributed by atoms with E-state index in [4.69, 9.17) is 0 Å². The van der Waals surface area contributed by atoms with Crippen LogP contribution in [-0.4, -0.2) is 41.7 Å². The minimum atomic E-state index is -4.26. The van der Waals surface area contributed by atoms with Gasteiger partial charge < -0.3 is 4.90 Å². The van der Waals surface area contributed by atoms with Crippen LogP contribution in [0.15, 0.2) is 5.10 Å². The van der Waals surface area contributed by atoms with E-state index in [0.717, 1.165) is 5.01 Å². The summed E-state index contributed by atoms with van der Waals surface area (Å²) < 4.78 is 38.2. The van der Waals surface area contributed by atoms with E-state index in [1.165, 1.54) is 11.2 Å². The van der Waals surface area contributed by atoms with Crippen molar-refractivity contribution < 1.29 is 13.2 Å². The second-order valence-electron chi connectivity index (χ2n) is 3.99. The quantitative estimate of drug-likeness (QED) is 0.729. The molecular weight excluding hydrogens is 207 g/mol. The normalized spacial score (nSPS) is 21.9. The molecule has 0 radical (unpaired) electrons. The van der Waals surface area contributed by atoms with Crippen LogP contribution < -0.4 is 0 Å². The summed E-state index contributed by atoms with van der Waals surface area (Å²) in [7, 11) is 0. The summed E-state index contributed by atoms with van der Waals surface area (Å²) in [6.07, 6.45) is -4.58. The van der Waals surface area contributed by atoms with Crippen molar-refractivity contribution in [1.29, 1.82) is 0 Å². The molecule has 3 nitrogen and oxygen atoms in total. The summed E-state index contributed by atoms with van der Waals surface area (Å²) in [6, 6.07) is 0. The Kier molecular flexibility index (Phi) is 3.46. The van der Waals surface area contributed by atoms with Crippen LogP contribution in [0, 0.1) is 5.92 Å². The third-order valence-electron chi connectivity index (χ3n) is 2.14. The van der Waals surface area contributed by atoms with Crippen LogP contribution in [0.25, 0.3) is 0 Å². The summed E-state index contributed by atoms with van der Waals surface area (Å²) >= 11 is 0. The van der Waals surface area contributed by atoms with Crippen molar-refractivity contribution in [2.75, 3.05) is 13.1 Å². The largest absolute Gasteiger partial charge is 0.429 e. The molecule has 1 atom stereocenters. The fourth-order valence-electron chi connectivity index (χ4n) is 1.61. The van der Waals surface area contributed by atoms with E-state index in [-0.39, 0.29) is 12.5 Å². The minimum absolute atomic E-state index is 0.179. The van der Waals surface area contributed by atoms with Crippen molar-refractivity contribution in [3.63, 3.8) is 0 Å². The van der Waals surface area contributed by atoms with Gasteiger partial charge in [-0.1, -0.05) is 13.8 Å². The third kappa shape index (κ3) is 2.76. The van der Waals surface area contributed by atoms with E-state index in [2.05, 4.69) is 5.10 Å². The van der Waals surface area contributed by atoms with Gasteiger partial charge in [-0.05, 0) is 12.8 Å². The van der Waals surface area contributed by atoms with Gasteiger partial charge in [0.15, 0.2) is 0 Å². The van der Waals surface area contributed by atoms with E-state index < -0.39 is 12.3 Å². The van der Waals surface area contributed by atoms with Gasteiger partial charge in [-0.15, -0.1) is 0 Å². The third-order valence-corrected chi connectivity index (χ3v) is 2.14. The summed E-state index contributed by atoms with van der Waals surface area (Å²) in [4.78, 5) is 1.24. The molecule has 0 aromatic rings. The average Bonchev–Trinajstić information content (AvgIpc) is 2.45. The minimum Gasteiger partial charge on any atom is -0.332 e. The number of hydrogen-bond donors (Lipinski definition) is 0. The zero-order valence-electron chi connectivity index (χ0n) is 9.12. The van der Waals surface area contributed by atoms with Crippen LogP contribution in [0.1, 0.15) is 20.8 Å². The molecule has 0 amide bonds. The standard InChI is InChI=1S/C9H16F3N3/c1-4-15-8(9(10,11)12)14(6-13-15)5-7(2)3/h6-8H,4-5H2,1-3H3. The first-order chi connectivity index (χ1) is 6.86.